The molecule has 1 rings (SSSR count). The molecule has 0 radical (unpaired) electrons. The molecule has 0 saturated heterocycles. The maximum Gasteiger partial charge on any atom is 0.328 e. The fourth-order valence-electron chi connectivity index (χ4n) is 1.78. The minimum Gasteiger partial charge on any atom is -0.468 e. The first-order valence-corrected chi connectivity index (χ1v) is 7.17. The van der Waals surface area contributed by atoms with Crippen LogP contribution in [-0.2, 0) is 9.53 Å². The molecule has 1 atom stereocenters. The van der Waals surface area contributed by atoms with Crippen LogP contribution in [0.25, 0.3) is 0 Å². The summed E-state index contributed by atoms with van der Waals surface area (Å²) in [6.07, 6.45) is 0. The molecule has 0 aliphatic rings. The lowest BCUT2D eigenvalue weighted by molar-refractivity contribution is -0.143. The molecule has 5 heteroatoms. The van der Waals surface area contributed by atoms with E-state index in [1.165, 1.54) is 7.11 Å². The first-order valence-electron chi connectivity index (χ1n) is 6.29. The number of hydrogen-bond donors (Lipinski definition) is 1. The summed E-state index contributed by atoms with van der Waals surface area (Å²) in [6, 6.07) is 3.56. The maximum atomic E-state index is 11.7. The SMILES string of the molecule is CCN(CC)CCNC(C(=O)OC)c1cccs1. The van der Waals surface area contributed by atoms with Crippen LogP contribution in [0, 0.1) is 0 Å². The molecule has 102 valence electrons. The van der Waals surface area contributed by atoms with Crippen LogP contribution >= 0.6 is 11.3 Å². The van der Waals surface area contributed by atoms with Gasteiger partial charge in [0.05, 0.1) is 7.11 Å². The Morgan fingerprint density at radius 3 is 2.72 bits per heavy atom. The molecule has 0 bridgehead atoms. The Bertz CT molecular complexity index is 337. The molecule has 0 aliphatic carbocycles. The molecule has 1 N–H and O–H groups in total. The Morgan fingerprint density at radius 1 is 1.50 bits per heavy atom. The zero-order valence-corrected chi connectivity index (χ0v) is 12.1. The van der Waals surface area contributed by atoms with Crippen molar-refractivity contribution in [3.05, 3.63) is 22.4 Å². The molecule has 1 aromatic rings. The zero-order valence-electron chi connectivity index (χ0n) is 11.3. The Labute approximate surface area is 113 Å². The Balaban J connectivity index is 2.50. The number of likely N-dealkylation sites (N-methyl/N-ethyl adjacent to an activating group) is 1. The molecular weight excluding hydrogens is 248 g/mol. The zero-order chi connectivity index (χ0) is 13.4. The van der Waals surface area contributed by atoms with Crippen LogP contribution in [0.2, 0.25) is 0 Å². The van der Waals surface area contributed by atoms with E-state index in [9.17, 15) is 4.79 Å². The summed E-state index contributed by atoms with van der Waals surface area (Å²) >= 11 is 1.57. The van der Waals surface area contributed by atoms with Crippen molar-refractivity contribution >= 4 is 17.3 Å². The van der Waals surface area contributed by atoms with Crippen molar-refractivity contribution in [3.63, 3.8) is 0 Å². The van der Waals surface area contributed by atoms with Gasteiger partial charge in [-0.05, 0) is 24.5 Å². The van der Waals surface area contributed by atoms with E-state index in [0.29, 0.717) is 0 Å². The van der Waals surface area contributed by atoms with E-state index >= 15 is 0 Å². The van der Waals surface area contributed by atoms with Gasteiger partial charge < -0.3 is 9.64 Å². The lowest BCUT2D eigenvalue weighted by Crippen LogP contribution is -2.36. The van der Waals surface area contributed by atoms with Crippen LogP contribution in [0.3, 0.4) is 0 Å². The lowest BCUT2D eigenvalue weighted by Gasteiger charge is -2.20. The summed E-state index contributed by atoms with van der Waals surface area (Å²) in [5.74, 6) is -0.225. The number of thiophene rings is 1. The second-order valence-electron chi connectivity index (χ2n) is 3.95. The second kappa shape index (κ2) is 8.24. The molecule has 0 aromatic carbocycles. The van der Waals surface area contributed by atoms with Crippen molar-refractivity contribution in [1.82, 2.24) is 10.2 Å². The molecule has 0 amide bonds. The quantitative estimate of drug-likeness (QED) is 0.733. The normalized spacial score (nSPS) is 12.7. The highest BCUT2D eigenvalue weighted by Gasteiger charge is 2.21. The number of carbonyl (C=O) groups excluding carboxylic acids is 1. The van der Waals surface area contributed by atoms with Crippen molar-refractivity contribution in [1.29, 1.82) is 0 Å². The molecule has 0 aliphatic heterocycles. The van der Waals surface area contributed by atoms with Gasteiger partial charge in [0, 0.05) is 18.0 Å². The smallest absolute Gasteiger partial charge is 0.328 e. The van der Waals surface area contributed by atoms with E-state index in [1.807, 2.05) is 17.5 Å². The number of esters is 1. The summed E-state index contributed by atoms with van der Waals surface area (Å²) in [4.78, 5) is 15.1. The third-order valence-electron chi connectivity index (χ3n) is 2.94. The highest BCUT2D eigenvalue weighted by molar-refractivity contribution is 7.10. The van der Waals surface area contributed by atoms with Gasteiger partial charge in [-0.1, -0.05) is 19.9 Å². The largest absolute Gasteiger partial charge is 0.468 e. The second-order valence-corrected chi connectivity index (χ2v) is 4.93. The first-order chi connectivity index (χ1) is 8.72. The summed E-state index contributed by atoms with van der Waals surface area (Å²) in [6.45, 7) is 8.05. The molecule has 0 fully saturated rings. The molecule has 1 heterocycles. The van der Waals surface area contributed by atoms with Crippen LogP contribution in [0.5, 0.6) is 0 Å². The highest BCUT2D eigenvalue weighted by atomic mass is 32.1. The Kier molecular flexibility index (Phi) is 6.93. The fraction of sp³-hybridized carbons (Fsp3) is 0.615. The number of hydrogen-bond acceptors (Lipinski definition) is 5. The van der Waals surface area contributed by atoms with Crippen LogP contribution < -0.4 is 5.32 Å². The van der Waals surface area contributed by atoms with Crippen molar-refractivity contribution in [2.24, 2.45) is 0 Å². The van der Waals surface area contributed by atoms with E-state index in [0.717, 1.165) is 31.1 Å². The molecule has 0 spiro atoms. The monoisotopic (exact) mass is 270 g/mol. The van der Waals surface area contributed by atoms with Gasteiger partial charge in [0.2, 0.25) is 0 Å². The van der Waals surface area contributed by atoms with Gasteiger partial charge >= 0.3 is 5.97 Å². The molecule has 0 saturated carbocycles. The highest BCUT2D eigenvalue weighted by Crippen LogP contribution is 2.19. The van der Waals surface area contributed by atoms with Gasteiger partial charge in [-0.25, -0.2) is 4.79 Å². The van der Waals surface area contributed by atoms with Gasteiger partial charge in [0.25, 0.3) is 0 Å². The molecule has 4 nitrogen and oxygen atoms in total. The average molecular weight is 270 g/mol. The van der Waals surface area contributed by atoms with Crippen LogP contribution in [0.4, 0.5) is 0 Å². The van der Waals surface area contributed by atoms with Crippen LogP contribution in [0.15, 0.2) is 17.5 Å². The van der Waals surface area contributed by atoms with Gasteiger partial charge in [-0.2, -0.15) is 0 Å². The summed E-state index contributed by atoms with van der Waals surface area (Å²) in [7, 11) is 1.43. The van der Waals surface area contributed by atoms with Gasteiger partial charge in [-0.15, -0.1) is 11.3 Å². The standard InChI is InChI=1S/C13H22N2O2S/c1-4-15(5-2)9-8-14-12(13(16)17-3)11-7-6-10-18-11/h6-7,10,12,14H,4-5,8-9H2,1-3H3. The van der Waals surface area contributed by atoms with E-state index in [-0.39, 0.29) is 12.0 Å². The summed E-state index contributed by atoms with van der Waals surface area (Å²) in [5.41, 5.74) is 0. The van der Waals surface area contributed by atoms with Gasteiger partial charge in [-0.3, -0.25) is 5.32 Å². The van der Waals surface area contributed by atoms with Gasteiger partial charge in [0.1, 0.15) is 6.04 Å². The number of ether oxygens (including phenoxy) is 1. The number of carbonyl (C=O) groups is 1. The summed E-state index contributed by atoms with van der Waals surface area (Å²) < 4.78 is 4.84. The number of nitrogens with zero attached hydrogens (tertiary/aromatic N) is 1. The predicted molar refractivity (Wildman–Crippen MR) is 74.9 cm³/mol. The maximum absolute atomic E-state index is 11.7. The molecular formula is C13H22N2O2S. The number of nitrogens with one attached hydrogen (secondary N) is 1. The minimum atomic E-state index is -0.342. The van der Waals surface area contributed by atoms with Crippen LogP contribution in [-0.4, -0.2) is 44.2 Å². The van der Waals surface area contributed by atoms with Crippen molar-refractivity contribution in [2.45, 2.75) is 19.9 Å². The van der Waals surface area contributed by atoms with Crippen molar-refractivity contribution < 1.29 is 9.53 Å². The summed E-state index contributed by atoms with van der Waals surface area (Å²) in [5, 5.41) is 5.24. The Hall–Kier alpha value is -0.910. The average Bonchev–Trinajstić information content (AvgIpc) is 2.92. The molecule has 1 aromatic heterocycles. The van der Waals surface area contributed by atoms with E-state index in [2.05, 4.69) is 24.1 Å². The predicted octanol–water partition coefficient (Wildman–Crippen LogP) is 1.89. The topological polar surface area (TPSA) is 41.6 Å². The minimum absolute atomic E-state index is 0.225. The van der Waals surface area contributed by atoms with Crippen LogP contribution in [0.1, 0.15) is 24.8 Å². The third-order valence-corrected chi connectivity index (χ3v) is 3.87. The van der Waals surface area contributed by atoms with E-state index in [4.69, 9.17) is 4.74 Å². The lowest BCUT2D eigenvalue weighted by atomic mass is 10.2. The first kappa shape index (κ1) is 15.1. The number of methoxy groups -OCH3 is 1. The molecule has 1 unspecified atom stereocenters. The van der Waals surface area contributed by atoms with E-state index in [1.54, 1.807) is 11.3 Å². The van der Waals surface area contributed by atoms with Crippen molar-refractivity contribution in [2.75, 3.05) is 33.3 Å². The van der Waals surface area contributed by atoms with Gasteiger partial charge in [0.15, 0.2) is 0 Å². The third kappa shape index (κ3) is 4.40. The fourth-order valence-corrected chi connectivity index (χ4v) is 2.57. The number of rotatable bonds is 8. The van der Waals surface area contributed by atoms with E-state index < -0.39 is 0 Å². The molecule has 18 heavy (non-hydrogen) atoms. The Morgan fingerprint density at radius 2 is 2.22 bits per heavy atom. The van der Waals surface area contributed by atoms with Crippen molar-refractivity contribution in [3.8, 4) is 0 Å².